The Kier molecular flexibility index (Phi) is 2.95. The van der Waals surface area contributed by atoms with Crippen molar-refractivity contribution in [3.05, 3.63) is 53.4 Å². The molecule has 4 rings (SSSR count). The van der Waals surface area contributed by atoms with Crippen LogP contribution in [0.5, 0.6) is 0 Å². The van der Waals surface area contributed by atoms with E-state index in [2.05, 4.69) is 40.6 Å². The molecule has 2 aromatic rings. The Morgan fingerprint density at radius 1 is 1.05 bits per heavy atom. The summed E-state index contributed by atoms with van der Waals surface area (Å²) in [6, 6.07) is 10.8. The molecule has 1 aromatic heterocycles. The molecule has 2 heterocycles. The van der Waals surface area contributed by atoms with Gasteiger partial charge in [-0.1, -0.05) is 18.2 Å². The summed E-state index contributed by atoms with van der Waals surface area (Å²) in [5, 5.41) is 4.97. The maximum atomic E-state index is 4.51. The van der Waals surface area contributed by atoms with Gasteiger partial charge < -0.3 is 5.32 Å². The first kappa shape index (κ1) is 12.0. The summed E-state index contributed by atoms with van der Waals surface area (Å²) in [7, 11) is 0. The molecule has 0 saturated carbocycles. The summed E-state index contributed by atoms with van der Waals surface area (Å²) in [5.41, 5.74) is 5.81. The highest BCUT2D eigenvalue weighted by Gasteiger charge is 2.27. The molecule has 1 aliphatic carbocycles. The van der Waals surface area contributed by atoms with Crippen molar-refractivity contribution in [2.24, 2.45) is 0 Å². The average molecular weight is 264 g/mol. The fourth-order valence-corrected chi connectivity index (χ4v) is 3.82. The number of allylic oxidation sites excluding steroid dienone is 2. The van der Waals surface area contributed by atoms with Gasteiger partial charge in [-0.3, -0.25) is 4.98 Å². The highest BCUT2D eigenvalue weighted by molar-refractivity contribution is 5.83. The van der Waals surface area contributed by atoms with Gasteiger partial charge >= 0.3 is 0 Å². The Morgan fingerprint density at radius 2 is 1.95 bits per heavy atom. The van der Waals surface area contributed by atoms with Crippen LogP contribution in [0.25, 0.3) is 10.9 Å². The monoisotopic (exact) mass is 264 g/mol. The number of pyridine rings is 1. The van der Waals surface area contributed by atoms with Crippen LogP contribution in [0.4, 0.5) is 0 Å². The number of fused-ring (bicyclic) bond motifs is 1. The van der Waals surface area contributed by atoms with Gasteiger partial charge in [0.15, 0.2) is 0 Å². The molecule has 0 spiro atoms. The van der Waals surface area contributed by atoms with Crippen molar-refractivity contribution in [1.82, 2.24) is 10.3 Å². The molecular weight excluding hydrogens is 244 g/mol. The summed E-state index contributed by atoms with van der Waals surface area (Å²) in [6.07, 6.45) is 8.39. The normalized spacial score (nSPS) is 22.5. The van der Waals surface area contributed by atoms with Crippen LogP contribution in [-0.4, -0.2) is 11.5 Å². The van der Waals surface area contributed by atoms with Crippen LogP contribution in [-0.2, 0) is 0 Å². The number of hydrogen-bond donors (Lipinski definition) is 1. The van der Waals surface area contributed by atoms with Gasteiger partial charge in [-0.2, -0.15) is 0 Å². The van der Waals surface area contributed by atoms with E-state index in [-0.39, 0.29) is 0 Å². The van der Waals surface area contributed by atoms with E-state index < -0.39 is 0 Å². The molecule has 0 amide bonds. The highest BCUT2D eigenvalue weighted by Crippen LogP contribution is 2.40. The SMILES string of the molecule is c1ccc2c(C3CCNC4=C3CCCC4)ccnc2c1. The Hall–Kier alpha value is -1.83. The van der Waals surface area contributed by atoms with E-state index in [1.165, 1.54) is 48.8 Å². The minimum atomic E-state index is 0.597. The molecule has 2 nitrogen and oxygen atoms in total. The van der Waals surface area contributed by atoms with Gasteiger partial charge in [0.25, 0.3) is 0 Å². The van der Waals surface area contributed by atoms with Crippen LogP contribution in [0, 0.1) is 0 Å². The smallest absolute Gasteiger partial charge is 0.0704 e. The van der Waals surface area contributed by atoms with Crippen molar-refractivity contribution >= 4 is 10.9 Å². The summed E-state index contributed by atoms with van der Waals surface area (Å²) in [4.78, 5) is 4.51. The molecule has 0 bridgehead atoms. The number of benzene rings is 1. The third-order valence-electron chi connectivity index (χ3n) is 4.76. The zero-order valence-corrected chi connectivity index (χ0v) is 11.7. The van der Waals surface area contributed by atoms with Crippen LogP contribution in [0.2, 0.25) is 0 Å². The standard InChI is InChI=1S/C18H20N2/c1-3-7-17-15(5-1)13(9-11-19-17)14-10-12-20-18-8-4-2-6-16(14)18/h1,3,5,7,9,11,14,20H,2,4,6,8,10,12H2. The zero-order chi connectivity index (χ0) is 13.4. The molecule has 20 heavy (non-hydrogen) atoms. The van der Waals surface area contributed by atoms with E-state index in [1.54, 1.807) is 5.57 Å². The molecule has 0 radical (unpaired) electrons. The van der Waals surface area contributed by atoms with Gasteiger partial charge in [-0.25, -0.2) is 0 Å². The summed E-state index contributed by atoms with van der Waals surface area (Å²) in [6.45, 7) is 1.11. The summed E-state index contributed by atoms with van der Waals surface area (Å²) >= 11 is 0. The minimum Gasteiger partial charge on any atom is -0.388 e. The van der Waals surface area contributed by atoms with Gasteiger partial charge in [0.2, 0.25) is 0 Å². The van der Waals surface area contributed by atoms with Crippen molar-refractivity contribution in [2.45, 2.75) is 38.0 Å². The Morgan fingerprint density at radius 3 is 2.95 bits per heavy atom. The van der Waals surface area contributed by atoms with Crippen molar-refractivity contribution in [3.63, 3.8) is 0 Å². The second-order valence-corrected chi connectivity index (χ2v) is 5.90. The second kappa shape index (κ2) is 4.93. The molecule has 2 heteroatoms. The molecule has 0 fully saturated rings. The van der Waals surface area contributed by atoms with E-state index in [0.29, 0.717) is 5.92 Å². The molecule has 1 aromatic carbocycles. The maximum Gasteiger partial charge on any atom is 0.0704 e. The fourth-order valence-electron chi connectivity index (χ4n) is 3.82. The maximum absolute atomic E-state index is 4.51. The van der Waals surface area contributed by atoms with Gasteiger partial charge in [0, 0.05) is 29.7 Å². The Labute approximate surface area is 119 Å². The number of nitrogens with zero attached hydrogens (tertiary/aromatic N) is 1. The van der Waals surface area contributed by atoms with Gasteiger partial charge in [0.05, 0.1) is 5.52 Å². The topological polar surface area (TPSA) is 24.9 Å². The lowest BCUT2D eigenvalue weighted by atomic mass is 9.78. The number of para-hydroxylation sites is 1. The van der Waals surface area contributed by atoms with E-state index >= 15 is 0 Å². The first-order valence-corrected chi connectivity index (χ1v) is 7.73. The number of nitrogens with one attached hydrogen (secondary N) is 1. The first-order chi connectivity index (χ1) is 9.93. The number of aromatic nitrogens is 1. The summed E-state index contributed by atoms with van der Waals surface area (Å²) < 4.78 is 0. The number of hydrogen-bond acceptors (Lipinski definition) is 2. The quantitative estimate of drug-likeness (QED) is 0.837. The predicted octanol–water partition coefficient (Wildman–Crippen LogP) is 4.14. The highest BCUT2D eigenvalue weighted by atomic mass is 14.9. The average Bonchev–Trinajstić information content (AvgIpc) is 2.54. The van der Waals surface area contributed by atoms with E-state index in [9.17, 15) is 0 Å². The lowest BCUT2D eigenvalue weighted by molar-refractivity contribution is 0.509. The van der Waals surface area contributed by atoms with Crippen LogP contribution in [0.15, 0.2) is 47.8 Å². The molecule has 2 aliphatic rings. The lowest BCUT2D eigenvalue weighted by Crippen LogP contribution is -2.28. The molecule has 1 atom stereocenters. The largest absolute Gasteiger partial charge is 0.388 e. The zero-order valence-electron chi connectivity index (χ0n) is 11.7. The van der Waals surface area contributed by atoms with Gasteiger partial charge in [-0.05, 0) is 55.4 Å². The van der Waals surface area contributed by atoms with Crippen LogP contribution in [0.3, 0.4) is 0 Å². The number of rotatable bonds is 1. The molecule has 1 unspecified atom stereocenters. The molecule has 0 saturated heterocycles. The minimum absolute atomic E-state index is 0.597. The summed E-state index contributed by atoms with van der Waals surface area (Å²) in [5.74, 6) is 0.597. The van der Waals surface area contributed by atoms with E-state index in [4.69, 9.17) is 0 Å². The van der Waals surface area contributed by atoms with Crippen LogP contribution >= 0.6 is 0 Å². The van der Waals surface area contributed by atoms with Crippen LogP contribution in [0.1, 0.15) is 43.6 Å². The third kappa shape index (κ3) is 1.91. The predicted molar refractivity (Wildman–Crippen MR) is 82.6 cm³/mol. The Bertz CT molecular complexity index is 663. The lowest BCUT2D eigenvalue weighted by Gasteiger charge is -2.33. The second-order valence-electron chi connectivity index (χ2n) is 5.90. The molecular formula is C18H20N2. The van der Waals surface area contributed by atoms with E-state index in [0.717, 1.165) is 12.1 Å². The van der Waals surface area contributed by atoms with E-state index in [1.807, 2.05) is 6.20 Å². The van der Waals surface area contributed by atoms with Crippen molar-refractivity contribution in [2.75, 3.05) is 6.54 Å². The molecule has 1 N–H and O–H groups in total. The fraction of sp³-hybridized carbons (Fsp3) is 0.389. The first-order valence-electron chi connectivity index (χ1n) is 7.73. The van der Waals surface area contributed by atoms with Crippen LogP contribution < -0.4 is 5.32 Å². The Balaban J connectivity index is 1.86. The van der Waals surface area contributed by atoms with Crippen molar-refractivity contribution in [3.8, 4) is 0 Å². The molecule has 1 aliphatic heterocycles. The van der Waals surface area contributed by atoms with Crippen molar-refractivity contribution < 1.29 is 0 Å². The third-order valence-corrected chi connectivity index (χ3v) is 4.76. The molecule has 102 valence electrons. The van der Waals surface area contributed by atoms with Crippen molar-refractivity contribution in [1.29, 1.82) is 0 Å². The van der Waals surface area contributed by atoms with Gasteiger partial charge in [0.1, 0.15) is 0 Å². The van der Waals surface area contributed by atoms with Gasteiger partial charge in [-0.15, -0.1) is 0 Å².